The maximum atomic E-state index is 14.0. The van der Waals surface area contributed by atoms with Gasteiger partial charge in [-0.2, -0.15) is 26.3 Å². The van der Waals surface area contributed by atoms with Crippen LogP contribution in [0.15, 0.2) is 102 Å². The molecule has 4 aromatic carbocycles. The van der Waals surface area contributed by atoms with E-state index in [2.05, 4.69) is 0 Å². The second-order valence-corrected chi connectivity index (χ2v) is 11.0. The van der Waals surface area contributed by atoms with Crippen molar-refractivity contribution in [1.82, 2.24) is 0 Å². The Kier molecular flexibility index (Phi) is 9.78. The number of nitrogens with zero attached hydrogens (tertiary/aromatic N) is 1. The van der Waals surface area contributed by atoms with Crippen LogP contribution >= 0.6 is 11.8 Å². The van der Waals surface area contributed by atoms with Crippen molar-refractivity contribution in [2.45, 2.75) is 48.9 Å². The summed E-state index contributed by atoms with van der Waals surface area (Å²) in [4.78, 5) is 1.38. The second-order valence-electron chi connectivity index (χ2n) is 9.89. The smallest absolute Gasteiger partial charge is 0.446 e. The third-order valence-electron chi connectivity index (χ3n) is 6.62. The van der Waals surface area contributed by atoms with Gasteiger partial charge in [-0.25, -0.2) is 0 Å². The third kappa shape index (κ3) is 8.01. The van der Waals surface area contributed by atoms with E-state index in [4.69, 9.17) is 4.74 Å². The molecular weight excluding hydrogens is 576 g/mol. The fraction of sp³-hybridized carbons (Fsp3) is 0.250. The van der Waals surface area contributed by atoms with Gasteiger partial charge in [-0.3, -0.25) is 0 Å². The highest BCUT2D eigenvalue weighted by Gasteiger charge is 2.37. The number of anilines is 1. The number of thioether (sulfide) groups is 1. The van der Waals surface area contributed by atoms with Crippen LogP contribution in [0.25, 0.3) is 0 Å². The molecule has 42 heavy (non-hydrogen) atoms. The predicted molar refractivity (Wildman–Crippen MR) is 153 cm³/mol. The van der Waals surface area contributed by atoms with Gasteiger partial charge in [-0.1, -0.05) is 68.4 Å². The van der Waals surface area contributed by atoms with E-state index in [1.165, 1.54) is 41.3 Å². The summed E-state index contributed by atoms with van der Waals surface area (Å²) in [6.45, 7) is 3.13. The summed E-state index contributed by atoms with van der Waals surface area (Å²) in [5.74, 6) is 1.18. The largest absolute Gasteiger partial charge is 0.457 e. The number of aliphatic hydroxyl groups is 1. The highest BCUT2D eigenvalue weighted by atomic mass is 32.2. The first-order chi connectivity index (χ1) is 19.9. The first kappa shape index (κ1) is 31.3. The molecule has 0 heterocycles. The van der Waals surface area contributed by atoms with Crippen molar-refractivity contribution >= 4 is 17.4 Å². The van der Waals surface area contributed by atoms with Gasteiger partial charge in [0.15, 0.2) is 0 Å². The molecule has 10 heteroatoms. The number of hydrogen-bond donors (Lipinski definition) is 1. The van der Waals surface area contributed by atoms with Crippen molar-refractivity contribution in [2.24, 2.45) is 0 Å². The normalized spacial score (nSPS) is 12.8. The lowest BCUT2D eigenvalue weighted by Crippen LogP contribution is -2.32. The first-order valence-corrected chi connectivity index (χ1v) is 13.9. The molecule has 0 aromatic heterocycles. The Morgan fingerprint density at radius 1 is 0.786 bits per heavy atom. The van der Waals surface area contributed by atoms with Crippen LogP contribution in [0.3, 0.4) is 0 Å². The summed E-state index contributed by atoms with van der Waals surface area (Å²) < 4.78 is 88.3. The summed E-state index contributed by atoms with van der Waals surface area (Å²) in [6, 6.07) is 23.5. The Bertz CT molecular complexity index is 1490. The molecule has 0 aliphatic rings. The molecule has 0 radical (unpaired) electrons. The number of hydrogen-bond acceptors (Lipinski definition) is 4. The minimum atomic E-state index is -4.72. The average molecular weight is 606 g/mol. The van der Waals surface area contributed by atoms with E-state index in [-0.39, 0.29) is 40.2 Å². The number of benzene rings is 4. The number of alkyl halides is 6. The van der Waals surface area contributed by atoms with E-state index in [9.17, 15) is 31.4 Å². The van der Waals surface area contributed by atoms with E-state index >= 15 is 0 Å². The van der Waals surface area contributed by atoms with Gasteiger partial charge in [-0.15, -0.1) is 0 Å². The van der Waals surface area contributed by atoms with Crippen LogP contribution in [-0.2, 0) is 12.7 Å². The maximum Gasteiger partial charge on any atom is 0.446 e. The zero-order chi connectivity index (χ0) is 30.5. The summed E-state index contributed by atoms with van der Waals surface area (Å²) in [6.07, 6.45) is -4.72. The molecule has 4 aromatic rings. The number of ether oxygens (including phenoxy) is 1. The molecule has 0 saturated heterocycles. The Morgan fingerprint density at radius 2 is 1.43 bits per heavy atom. The van der Waals surface area contributed by atoms with E-state index in [0.717, 1.165) is 11.6 Å². The van der Waals surface area contributed by atoms with Crippen LogP contribution in [0.1, 0.15) is 48.1 Å². The van der Waals surface area contributed by atoms with Crippen LogP contribution in [0, 0.1) is 0 Å². The van der Waals surface area contributed by atoms with E-state index in [0.29, 0.717) is 17.2 Å². The van der Waals surface area contributed by atoms with Crippen LogP contribution in [-0.4, -0.2) is 17.2 Å². The number of aliphatic hydroxyl groups excluding tert-OH is 1. The SMILES string of the molecule is CC(C)c1cccc(Oc2cccc(N(Cc3ccccc3SC(F)(F)F)C(CO)c3ccccc3C(F)(F)F)c2)c1. The standard InChI is InChI=1S/C32H29F6NO2S/c1-21(2)22-10-7-12-25(17-22)41-26-13-8-11-24(18-26)39(19-23-9-3-6-16-30(23)42-32(36,37)38)29(20-40)27-14-4-5-15-28(27)31(33,34)35/h3-18,21,29,40H,19-20H2,1-2H3. The fourth-order valence-electron chi connectivity index (χ4n) is 4.63. The van der Waals surface area contributed by atoms with E-state index in [1.54, 1.807) is 36.4 Å². The predicted octanol–water partition coefficient (Wildman–Crippen LogP) is 9.97. The van der Waals surface area contributed by atoms with Crippen LogP contribution in [0.5, 0.6) is 11.5 Å². The summed E-state index contributed by atoms with van der Waals surface area (Å²) in [5, 5.41) is 10.5. The highest BCUT2D eigenvalue weighted by molar-refractivity contribution is 8.00. The zero-order valence-electron chi connectivity index (χ0n) is 22.8. The van der Waals surface area contributed by atoms with Crippen LogP contribution in [0.4, 0.5) is 32.0 Å². The summed E-state index contributed by atoms with van der Waals surface area (Å²) in [7, 11) is 0. The lowest BCUT2D eigenvalue weighted by Gasteiger charge is -2.35. The molecule has 1 N–H and O–H groups in total. The van der Waals surface area contributed by atoms with Crippen molar-refractivity contribution in [3.63, 3.8) is 0 Å². The van der Waals surface area contributed by atoms with Gasteiger partial charge in [0.25, 0.3) is 0 Å². The van der Waals surface area contributed by atoms with Gasteiger partial charge >= 0.3 is 11.7 Å². The molecular formula is C32H29F6NO2S. The monoisotopic (exact) mass is 605 g/mol. The van der Waals surface area contributed by atoms with Crippen molar-refractivity contribution < 1.29 is 36.2 Å². The van der Waals surface area contributed by atoms with Gasteiger partial charge < -0.3 is 14.7 Å². The van der Waals surface area contributed by atoms with Gasteiger partial charge in [0.2, 0.25) is 0 Å². The third-order valence-corrected chi connectivity index (χ3v) is 7.47. The van der Waals surface area contributed by atoms with E-state index < -0.39 is 29.9 Å². The van der Waals surface area contributed by atoms with Crippen LogP contribution in [0.2, 0.25) is 0 Å². The molecule has 0 amide bonds. The molecule has 222 valence electrons. The Hall–Kier alpha value is -3.63. The molecule has 0 fully saturated rings. The lowest BCUT2D eigenvalue weighted by atomic mass is 9.97. The van der Waals surface area contributed by atoms with Crippen molar-refractivity contribution in [1.29, 1.82) is 0 Å². The second kappa shape index (κ2) is 13.1. The summed E-state index contributed by atoms with van der Waals surface area (Å²) >= 11 is -0.298. The fourth-order valence-corrected chi connectivity index (χ4v) is 5.29. The van der Waals surface area contributed by atoms with Crippen molar-refractivity contribution in [3.8, 4) is 11.5 Å². The molecule has 1 unspecified atom stereocenters. The molecule has 0 saturated carbocycles. The lowest BCUT2D eigenvalue weighted by molar-refractivity contribution is -0.138. The van der Waals surface area contributed by atoms with Gasteiger partial charge in [0.1, 0.15) is 11.5 Å². The molecule has 4 rings (SSSR count). The Labute approximate surface area is 244 Å². The Morgan fingerprint density at radius 3 is 2.10 bits per heavy atom. The van der Waals surface area contributed by atoms with E-state index in [1.807, 2.05) is 32.0 Å². The van der Waals surface area contributed by atoms with Crippen molar-refractivity contribution in [3.05, 3.63) is 119 Å². The quantitative estimate of drug-likeness (QED) is 0.144. The molecule has 1 atom stereocenters. The highest BCUT2D eigenvalue weighted by Crippen LogP contribution is 2.42. The summed E-state index contributed by atoms with van der Waals surface area (Å²) in [5.41, 5.74) is -4.07. The minimum absolute atomic E-state index is 0.0892. The number of halogens is 6. The van der Waals surface area contributed by atoms with Crippen molar-refractivity contribution in [2.75, 3.05) is 11.5 Å². The topological polar surface area (TPSA) is 32.7 Å². The molecule has 0 bridgehead atoms. The van der Waals surface area contributed by atoms with Crippen LogP contribution < -0.4 is 9.64 Å². The Balaban J connectivity index is 1.81. The first-order valence-electron chi connectivity index (χ1n) is 13.1. The average Bonchev–Trinajstić information content (AvgIpc) is 2.93. The molecule has 0 spiro atoms. The minimum Gasteiger partial charge on any atom is -0.457 e. The van der Waals surface area contributed by atoms with Gasteiger partial charge in [0, 0.05) is 23.2 Å². The van der Waals surface area contributed by atoms with Gasteiger partial charge in [-0.05, 0) is 70.8 Å². The van der Waals surface area contributed by atoms with Gasteiger partial charge in [0.05, 0.1) is 18.2 Å². The maximum absolute atomic E-state index is 14.0. The zero-order valence-corrected chi connectivity index (χ0v) is 23.6. The molecule has 0 aliphatic heterocycles. The number of rotatable bonds is 10. The molecule has 3 nitrogen and oxygen atoms in total. The molecule has 0 aliphatic carbocycles.